The molecule has 6 nitrogen and oxygen atoms in total. The first-order valence-electron chi connectivity index (χ1n) is 7.30. The number of carbonyl (C=O) groups is 2. The van der Waals surface area contributed by atoms with Crippen LogP contribution in [-0.4, -0.2) is 32.1 Å². The van der Waals surface area contributed by atoms with Crippen molar-refractivity contribution in [2.75, 3.05) is 6.61 Å². The molecule has 0 radical (unpaired) electrons. The summed E-state index contributed by atoms with van der Waals surface area (Å²) in [7, 11) is 0. The molecule has 1 heterocycles. The number of aromatic nitrogens is 1. The molecule has 2 unspecified atom stereocenters. The SMILES string of the molecule is CCOC(=O)C(C(=O)c1ccc(CS(=O)O)cc1)c1ccncc1. The molecule has 0 saturated carbocycles. The average Bonchev–Trinajstić information content (AvgIpc) is 2.56. The first-order valence-corrected chi connectivity index (χ1v) is 8.57. The highest BCUT2D eigenvalue weighted by atomic mass is 32.2. The number of esters is 1. The van der Waals surface area contributed by atoms with Crippen molar-refractivity contribution >= 4 is 22.8 Å². The third-order valence-corrected chi connectivity index (χ3v) is 3.93. The van der Waals surface area contributed by atoms with Crippen LogP contribution in [0.4, 0.5) is 0 Å². The molecule has 2 atom stereocenters. The topological polar surface area (TPSA) is 93.6 Å². The number of hydrogen-bond donors (Lipinski definition) is 1. The highest BCUT2D eigenvalue weighted by Crippen LogP contribution is 2.23. The zero-order chi connectivity index (χ0) is 17.5. The van der Waals surface area contributed by atoms with E-state index in [4.69, 9.17) is 9.29 Å². The van der Waals surface area contributed by atoms with Crippen LogP contribution in [0.2, 0.25) is 0 Å². The molecule has 0 amide bonds. The Morgan fingerprint density at radius 2 is 1.79 bits per heavy atom. The molecular weight excluding hydrogens is 330 g/mol. The second-order valence-electron chi connectivity index (χ2n) is 4.99. The molecule has 0 fully saturated rings. The van der Waals surface area contributed by atoms with Gasteiger partial charge in [0.15, 0.2) is 16.9 Å². The molecule has 0 saturated heterocycles. The summed E-state index contributed by atoms with van der Waals surface area (Å²) >= 11 is -1.95. The third-order valence-electron chi connectivity index (χ3n) is 3.35. The molecule has 0 spiro atoms. The fraction of sp³-hybridized carbons (Fsp3) is 0.235. The van der Waals surface area contributed by atoms with Gasteiger partial charge in [-0.05, 0) is 30.2 Å². The Balaban J connectivity index is 2.30. The molecule has 1 N–H and O–H groups in total. The maximum Gasteiger partial charge on any atom is 0.321 e. The predicted octanol–water partition coefficient (Wildman–Crippen LogP) is 2.33. The second kappa shape index (κ2) is 8.47. The van der Waals surface area contributed by atoms with Crippen molar-refractivity contribution in [2.24, 2.45) is 0 Å². The van der Waals surface area contributed by atoms with Gasteiger partial charge in [-0.3, -0.25) is 14.6 Å². The van der Waals surface area contributed by atoms with Crippen LogP contribution in [0.25, 0.3) is 0 Å². The molecule has 1 aromatic heterocycles. The van der Waals surface area contributed by atoms with E-state index in [-0.39, 0.29) is 12.4 Å². The van der Waals surface area contributed by atoms with Crippen LogP contribution in [0.15, 0.2) is 48.8 Å². The summed E-state index contributed by atoms with van der Waals surface area (Å²) in [6.45, 7) is 1.85. The summed E-state index contributed by atoms with van der Waals surface area (Å²) in [5.74, 6) is -2.09. The maximum absolute atomic E-state index is 12.8. The van der Waals surface area contributed by atoms with Crippen LogP contribution in [0.5, 0.6) is 0 Å². The Hall–Kier alpha value is -2.38. The lowest BCUT2D eigenvalue weighted by molar-refractivity contribution is -0.143. The largest absolute Gasteiger partial charge is 0.465 e. The van der Waals surface area contributed by atoms with Crippen LogP contribution in [-0.2, 0) is 26.4 Å². The molecule has 24 heavy (non-hydrogen) atoms. The molecule has 0 aliphatic rings. The lowest BCUT2D eigenvalue weighted by Gasteiger charge is -2.15. The number of ether oxygens (including phenoxy) is 1. The second-order valence-corrected chi connectivity index (χ2v) is 5.92. The number of benzene rings is 1. The van der Waals surface area contributed by atoms with Crippen molar-refractivity contribution in [1.82, 2.24) is 4.98 Å². The molecule has 2 rings (SSSR count). The van der Waals surface area contributed by atoms with Gasteiger partial charge in [0.1, 0.15) is 5.92 Å². The summed E-state index contributed by atoms with van der Waals surface area (Å²) in [5.41, 5.74) is 1.47. The lowest BCUT2D eigenvalue weighted by Crippen LogP contribution is -2.24. The van der Waals surface area contributed by atoms with E-state index in [1.54, 1.807) is 31.2 Å². The summed E-state index contributed by atoms with van der Waals surface area (Å²) < 4.78 is 24.7. The number of pyridine rings is 1. The fourth-order valence-corrected chi connectivity index (χ4v) is 2.73. The number of nitrogens with zero attached hydrogens (tertiary/aromatic N) is 1. The van der Waals surface area contributed by atoms with Gasteiger partial charge >= 0.3 is 5.97 Å². The molecule has 0 aliphatic carbocycles. The Morgan fingerprint density at radius 1 is 1.17 bits per heavy atom. The molecule has 0 bridgehead atoms. The number of hydrogen-bond acceptors (Lipinski definition) is 5. The standard InChI is InChI=1S/C17H17NO5S/c1-2-23-17(20)15(13-7-9-18-10-8-13)16(19)14-5-3-12(4-6-14)11-24(21)22/h3-10,15H,2,11H2,1H3,(H,21,22). The van der Waals surface area contributed by atoms with Crippen molar-refractivity contribution < 1.29 is 23.1 Å². The van der Waals surface area contributed by atoms with Crippen molar-refractivity contribution in [3.63, 3.8) is 0 Å². The minimum atomic E-state index is -1.95. The van der Waals surface area contributed by atoms with Gasteiger partial charge in [-0.25, -0.2) is 4.21 Å². The Kier molecular flexibility index (Phi) is 6.34. The van der Waals surface area contributed by atoms with Crippen LogP contribution in [0, 0.1) is 0 Å². The predicted molar refractivity (Wildman–Crippen MR) is 88.9 cm³/mol. The van der Waals surface area contributed by atoms with E-state index >= 15 is 0 Å². The normalized spacial score (nSPS) is 13.1. The molecule has 7 heteroatoms. The van der Waals surface area contributed by atoms with E-state index in [0.29, 0.717) is 16.7 Å². The smallest absolute Gasteiger partial charge is 0.321 e. The number of Topliss-reactive ketones (excluding diaryl/α,β-unsaturated/α-hetero) is 1. The van der Waals surface area contributed by atoms with Gasteiger partial charge in [-0.1, -0.05) is 24.3 Å². The summed E-state index contributed by atoms with van der Waals surface area (Å²) in [5, 5.41) is 0. The molecule has 1 aromatic carbocycles. The maximum atomic E-state index is 12.8. The quantitative estimate of drug-likeness (QED) is 0.358. The van der Waals surface area contributed by atoms with Gasteiger partial charge in [0.05, 0.1) is 12.4 Å². The number of ketones is 1. The van der Waals surface area contributed by atoms with E-state index in [1.807, 2.05) is 0 Å². The van der Waals surface area contributed by atoms with E-state index in [0.717, 1.165) is 0 Å². The zero-order valence-corrected chi connectivity index (χ0v) is 13.9. The van der Waals surface area contributed by atoms with E-state index in [1.165, 1.54) is 24.5 Å². The van der Waals surface area contributed by atoms with E-state index < -0.39 is 28.8 Å². The van der Waals surface area contributed by atoms with Gasteiger partial charge in [-0.2, -0.15) is 0 Å². The molecule has 0 aliphatic heterocycles. The minimum absolute atomic E-state index is 0.0138. The first kappa shape index (κ1) is 18.0. The minimum Gasteiger partial charge on any atom is -0.465 e. The van der Waals surface area contributed by atoms with Gasteiger partial charge in [0, 0.05) is 18.0 Å². The van der Waals surface area contributed by atoms with Crippen molar-refractivity contribution in [1.29, 1.82) is 0 Å². The first-order chi connectivity index (χ1) is 11.5. The highest BCUT2D eigenvalue weighted by Gasteiger charge is 2.30. The van der Waals surface area contributed by atoms with Crippen molar-refractivity contribution in [2.45, 2.75) is 18.6 Å². The van der Waals surface area contributed by atoms with Crippen LogP contribution in [0.3, 0.4) is 0 Å². The van der Waals surface area contributed by atoms with E-state index in [9.17, 15) is 13.8 Å². The summed E-state index contributed by atoms with van der Waals surface area (Å²) in [6, 6.07) is 9.47. The molecule has 2 aromatic rings. The van der Waals surface area contributed by atoms with Gasteiger partial charge in [0.2, 0.25) is 0 Å². The van der Waals surface area contributed by atoms with Gasteiger partial charge in [-0.15, -0.1) is 0 Å². The Labute approximate surface area is 142 Å². The number of carbonyl (C=O) groups excluding carboxylic acids is 2. The molecule has 126 valence electrons. The van der Waals surface area contributed by atoms with E-state index in [2.05, 4.69) is 4.98 Å². The lowest BCUT2D eigenvalue weighted by atomic mass is 9.91. The fourth-order valence-electron chi connectivity index (χ4n) is 2.25. The Bertz CT molecular complexity index is 730. The van der Waals surface area contributed by atoms with Crippen LogP contribution in [0.1, 0.15) is 34.3 Å². The summed E-state index contributed by atoms with van der Waals surface area (Å²) in [6.07, 6.45) is 3.02. The Morgan fingerprint density at radius 3 is 2.33 bits per heavy atom. The van der Waals surface area contributed by atoms with Gasteiger partial charge < -0.3 is 9.29 Å². The monoisotopic (exact) mass is 347 g/mol. The van der Waals surface area contributed by atoms with Gasteiger partial charge in [0.25, 0.3) is 0 Å². The van der Waals surface area contributed by atoms with Crippen molar-refractivity contribution in [3.05, 3.63) is 65.5 Å². The average molecular weight is 347 g/mol. The molecular formula is C17H17NO5S. The van der Waals surface area contributed by atoms with Crippen LogP contribution < -0.4 is 0 Å². The number of rotatable bonds is 7. The highest BCUT2D eigenvalue weighted by molar-refractivity contribution is 7.78. The third kappa shape index (κ3) is 4.56. The zero-order valence-electron chi connectivity index (χ0n) is 13.0. The van der Waals surface area contributed by atoms with Crippen molar-refractivity contribution in [3.8, 4) is 0 Å². The van der Waals surface area contributed by atoms with Crippen LogP contribution >= 0.6 is 0 Å². The summed E-state index contributed by atoms with van der Waals surface area (Å²) in [4.78, 5) is 28.9.